The van der Waals surface area contributed by atoms with Crippen LogP contribution in [0.25, 0.3) is 0 Å². The molecule has 0 aromatic heterocycles. The third kappa shape index (κ3) is 4.63. The second-order valence-corrected chi connectivity index (χ2v) is 5.70. The van der Waals surface area contributed by atoms with Gasteiger partial charge in [-0.15, -0.1) is 0 Å². The van der Waals surface area contributed by atoms with Crippen molar-refractivity contribution < 1.29 is 14.7 Å². The quantitative estimate of drug-likeness (QED) is 0.756. The van der Waals surface area contributed by atoms with Crippen molar-refractivity contribution in [3.05, 3.63) is 34.9 Å². The van der Waals surface area contributed by atoms with E-state index in [9.17, 15) is 9.59 Å². The molecule has 0 bridgehead atoms. The van der Waals surface area contributed by atoms with Crippen LogP contribution in [0.2, 0.25) is 5.02 Å². The zero-order valence-corrected chi connectivity index (χ0v) is 12.4. The average Bonchev–Trinajstić information content (AvgIpc) is 2.36. The Morgan fingerprint density at radius 2 is 1.95 bits per heavy atom. The van der Waals surface area contributed by atoms with Crippen LogP contribution in [0.3, 0.4) is 0 Å². The summed E-state index contributed by atoms with van der Waals surface area (Å²) in [6, 6.07) is 7.08. The summed E-state index contributed by atoms with van der Waals surface area (Å²) in [6.07, 6.45) is 3.27. The van der Waals surface area contributed by atoms with Crippen LogP contribution in [-0.2, 0) is 4.79 Å². The standard InChI is InChI=1S/C15H19ClN2O3/c16-12-6-4-11(5-7-12)14(10-2-1-3-10)18-15(21)17-9-8-13(19)20/h4-7,10,14H,1-3,8-9H2,(H,19,20)(H2,17,18,21). The molecule has 1 fully saturated rings. The third-order valence-corrected chi connectivity index (χ3v) is 4.01. The minimum atomic E-state index is -0.927. The predicted octanol–water partition coefficient (Wildman–Crippen LogP) is 2.96. The average molecular weight is 311 g/mol. The van der Waals surface area contributed by atoms with Crippen molar-refractivity contribution in [2.24, 2.45) is 5.92 Å². The van der Waals surface area contributed by atoms with E-state index in [1.807, 2.05) is 24.3 Å². The predicted molar refractivity (Wildman–Crippen MR) is 80.3 cm³/mol. The van der Waals surface area contributed by atoms with Crippen molar-refractivity contribution in [3.63, 3.8) is 0 Å². The fraction of sp³-hybridized carbons (Fsp3) is 0.467. The molecule has 3 N–H and O–H groups in total. The van der Waals surface area contributed by atoms with E-state index >= 15 is 0 Å². The van der Waals surface area contributed by atoms with Crippen molar-refractivity contribution >= 4 is 23.6 Å². The van der Waals surface area contributed by atoms with Crippen LogP contribution in [-0.4, -0.2) is 23.7 Å². The fourth-order valence-corrected chi connectivity index (χ4v) is 2.52. The molecular formula is C15H19ClN2O3. The highest BCUT2D eigenvalue weighted by Gasteiger charge is 2.29. The van der Waals surface area contributed by atoms with E-state index in [0.29, 0.717) is 10.9 Å². The van der Waals surface area contributed by atoms with Gasteiger partial charge in [0.05, 0.1) is 12.5 Å². The first kappa shape index (κ1) is 15.6. The van der Waals surface area contributed by atoms with Gasteiger partial charge >= 0.3 is 12.0 Å². The number of urea groups is 1. The van der Waals surface area contributed by atoms with E-state index in [-0.39, 0.29) is 25.0 Å². The van der Waals surface area contributed by atoms with Gasteiger partial charge in [-0.05, 0) is 36.5 Å². The smallest absolute Gasteiger partial charge is 0.315 e. The number of halogens is 1. The number of carbonyl (C=O) groups excluding carboxylic acids is 1. The summed E-state index contributed by atoms with van der Waals surface area (Å²) in [4.78, 5) is 22.3. The van der Waals surface area contributed by atoms with Crippen LogP contribution in [0.4, 0.5) is 4.79 Å². The van der Waals surface area contributed by atoms with E-state index in [4.69, 9.17) is 16.7 Å². The number of carboxylic acid groups (broad SMARTS) is 1. The third-order valence-electron chi connectivity index (χ3n) is 3.76. The van der Waals surface area contributed by atoms with Crippen LogP contribution in [0, 0.1) is 5.92 Å². The Morgan fingerprint density at radius 1 is 1.29 bits per heavy atom. The van der Waals surface area contributed by atoms with Crippen molar-refractivity contribution in [2.75, 3.05) is 6.54 Å². The first-order valence-electron chi connectivity index (χ1n) is 7.08. The van der Waals surface area contributed by atoms with Crippen LogP contribution >= 0.6 is 11.6 Å². The maximum Gasteiger partial charge on any atom is 0.315 e. The summed E-state index contributed by atoms with van der Waals surface area (Å²) in [5.41, 5.74) is 1.03. The maximum absolute atomic E-state index is 11.9. The number of carbonyl (C=O) groups is 2. The number of benzene rings is 1. The van der Waals surface area contributed by atoms with Gasteiger partial charge in [0.2, 0.25) is 0 Å². The van der Waals surface area contributed by atoms with Gasteiger partial charge in [0.15, 0.2) is 0 Å². The molecule has 1 saturated carbocycles. The molecule has 2 rings (SSSR count). The lowest BCUT2D eigenvalue weighted by molar-refractivity contribution is -0.136. The summed E-state index contributed by atoms with van der Waals surface area (Å²) in [6.45, 7) is 0.124. The lowest BCUT2D eigenvalue weighted by atomic mass is 9.77. The Balaban J connectivity index is 1.95. The maximum atomic E-state index is 11.9. The Bertz CT molecular complexity index is 500. The molecule has 0 aliphatic heterocycles. The minimum absolute atomic E-state index is 0.0548. The van der Waals surface area contributed by atoms with Crippen molar-refractivity contribution in [2.45, 2.75) is 31.7 Å². The molecular weight excluding hydrogens is 292 g/mol. The second kappa shape index (κ2) is 7.31. The van der Waals surface area contributed by atoms with Gasteiger partial charge in [0.1, 0.15) is 0 Å². The number of hydrogen-bond donors (Lipinski definition) is 3. The lowest BCUT2D eigenvalue weighted by Crippen LogP contribution is -2.42. The molecule has 1 atom stereocenters. The highest BCUT2D eigenvalue weighted by molar-refractivity contribution is 6.30. The Hall–Kier alpha value is -1.75. The number of aliphatic carboxylic acids is 1. The molecule has 114 valence electrons. The first-order valence-corrected chi connectivity index (χ1v) is 7.45. The van der Waals surface area contributed by atoms with Crippen LogP contribution in [0.1, 0.15) is 37.3 Å². The van der Waals surface area contributed by atoms with E-state index in [2.05, 4.69) is 10.6 Å². The minimum Gasteiger partial charge on any atom is -0.481 e. The Morgan fingerprint density at radius 3 is 2.48 bits per heavy atom. The Kier molecular flexibility index (Phi) is 5.44. The molecule has 1 aromatic rings. The number of carboxylic acids is 1. The Labute approximate surface area is 128 Å². The van der Waals surface area contributed by atoms with E-state index in [0.717, 1.165) is 18.4 Å². The first-order chi connectivity index (χ1) is 10.1. The van der Waals surface area contributed by atoms with Crippen LogP contribution in [0.5, 0.6) is 0 Å². The van der Waals surface area contributed by atoms with Gasteiger partial charge in [-0.3, -0.25) is 4.79 Å². The highest BCUT2D eigenvalue weighted by Crippen LogP contribution is 2.37. The summed E-state index contributed by atoms with van der Waals surface area (Å²) < 4.78 is 0. The normalized spacial score (nSPS) is 15.9. The number of hydrogen-bond acceptors (Lipinski definition) is 2. The lowest BCUT2D eigenvalue weighted by Gasteiger charge is -2.34. The summed E-state index contributed by atoms with van der Waals surface area (Å²) in [7, 11) is 0. The molecule has 0 heterocycles. The molecule has 1 unspecified atom stereocenters. The molecule has 5 nitrogen and oxygen atoms in total. The van der Waals surface area contributed by atoms with Crippen molar-refractivity contribution in [1.82, 2.24) is 10.6 Å². The van der Waals surface area contributed by atoms with Gasteiger partial charge in [0.25, 0.3) is 0 Å². The summed E-state index contributed by atoms with van der Waals surface area (Å²) >= 11 is 5.89. The van der Waals surface area contributed by atoms with Crippen LogP contribution in [0.15, 0.2) is 24.3 Å². The summed E-state index contributed by atoms with van der Waals surface area (Å²) in [5.74, 6) is -0.500. The van der Waals surface area contributed by atoms with E-state index < -0.39 is 5.97 Å². The zero-order chi connectivity index (χ0) is 15.2. The molecule has 2 amide bonds. The summed E-state index contributed by atoms with van der Waals surface area (Å²) in [5, 5.41) is 14.7. The molecule has 1 aliphatic rings. The zero-order valence-electron chi connectivity index (χ0n) is 11.6. The van der Waals surface area contributed by atoms with Crippen molar-refractivity contribution in [3.8, 4) is 0 Å². The van der Waals surface area contributed by atoms with Gasteiger partial charge in [0, 0.05) is 11.6 Å². The van der Waals surface area contributed by atoms with Crippen LogP contribution < -0.4 is 10.6 Å². The van der Waals surface area contributed by atoms with Gasteiger partial charge in [-0.2, -0.15) is 0 Å². The van der Waals surface area contributed by atoms with Gasteiger partial charge in [-0.1, -0.05) is 30.2 Å². The van der Waals surface area contributed by atoms with E-state index in [1.54, 1.807) is 0 Å². The van der Waals surface area contributed by atoms with Crippen molar-refractivity contribution in [1.29, 1.82) is 0 Å². The molecule has 1 aromatic carbocycles. The number of amides is 2. The van der Waals surface area contributed by atoms with E-state index in [1.165, 1.54) is 6.42 Å². The molecule has 21 heavy (non-hydrogen) atoms. The molecule has 0 spiro atoms. The topological polar surface area (TPSA) is 78.4 Å². The largest absolute Gasteiger partial charge is 0.481 e. The van der Waals surface area contributed by atoms with Gasteiger partial charge < -0.3 is 15.7 Å². The number of nitrogens with one attached hydrogen (secondary N) is 2. The SMILES string of the molecule is O=C(O)CCNC(=O)NC(c1ccc(Cl)cc1)C1CCC1. The second-order valence-electron chi connectivity index (χ2n) is 5.26. The highest BCUT2D eigenvalue weighted by atomic mass is 35.5. The molecule has 0 radical (unpaired) electrons. The number of rotatable bonds is 6. The molecule has 0 saturated heterocycles. The fourth-order valence-electron chi connectivity index (χ4n) is 2.39. The molecule has 1 aliphatic carbocycles. The van der Waals surface area contributed by atoms with Gasteiger partial charge in [-0.25, -0.2) is 4.79 Å². The monoisotopic (exact) mass is 310 g/mol. The molecule has 6 heteroatoms.